The van der Waals surface area contributed by atoms with Crippen LogP contribution in [-0.2, 0) is 0 Å². The van der Waals surface area contributed by atoms with Crippen LogP contribution in [0.25, 0.3) is 11.1 Å². The molecule has 4 nitrogen and oxygen atoms in total. The van der Waals surface area contributed by atoms with E-state index in [4.69, 9.17) is 0 Å². The van der Waals surface area contributed by atoms with Gasteiger partial charge < -0.3 is 10.2 Å². The van der Waals surface area contributed by atoms with Crippen molar-refractivity contribution in [3.05, 3.63) is 58.9 Å². The van der Waals surface area contributed by atoms with Gasteiger partial charge in [0.25, 0.3) is 11.8 Å². The van der Waals surface area contributed by atoms with E-state index in [1.807, 2.05) is 24.1 Å². The third-order valence-electron chi connectivity index (χ3n) is 6.15. The van der Waals surface area contributed by atoms with Gasteiger partial charge in [0, 0.05) is 30.3 Å². The Hall–Kier alpha value is -2.69. The average Bonchev–Trinajstić information content (AvgIpc) is 3.37. The maximum atomic E-state index is 14.5. The summed E-state index contributed by atoms with van der Waals surface area (Å²) in [5.74, 6) is -0.619. The van der Waals surface area contributed by atoms with Crippen LogP contribution in [-0.4, -0.2) is 35.8 Å². The topological polar surface area (TPSA) is 49.4 Å². The Morgan fingerprint density at radius 2 is 1.66 bits per heavy atom. The second kappa shape index (κ2) is 7.97. The molecule has 0 aliphatic heterocycles. The summed E-state index contributed by atoms with van der Waals surface area (Å²) in [6, 6.07) is 10.8. The summed E-state index contributed by atoms with van der Waals surface area (Å²) >= 11 is 0. The van der Waals surface area contributed by atoms with Crippen LogP contribution >= 0.6 is 0 Å². The van der Waals surface area contributed by atoms with E-state index in [-0.39, 0.29) is 17.9 Å². The summed E-state index contributed by atoms with van der Waals surface area (Å²) in [4.78, 5) is 27.0. The molecule has 1 N–H and O–H groups in total. The lowest BCUT2D eigenvalue weighted by atomic mass is 9.96. The number of carbonyl (C=O) groups is 2. The third-order valence-corrected chi connectivity index (χ3v) is 6.15. The van der Waals surface area contributed by atoms with E-state index in [1.165, 1.54) is 18.9 Å². The number of halogens is 1. The summed E-state index contributed by atoms with van der Waals surface area (Å²) in [6.45, 7) is 1.71. The molecule has 2 aromatic rings. The molecule has 0 aromatic heterocycles. The first-order valence-corrected chi connectivity index (χ1v) is 10.4. The van der Waals surface area contributed by atoms with Gasteiger partial charge in [-0.3, -0.25) is 9.59 Å². The van der Waals surface area contributed by atoms with Crippen LogP contribution in [0.2, 0.25) is 0 Å². The number of benzene rings is 2. The molecule has 0 heterocycles. The highest BCUT2D eigenvalue weighted by Gasteiger charge is 2.25. The van der Waals surface area contributed by atoms with E-state index in [0.717, 1.165) is 31.2 Å². The molecular weight excluding hydrogens is 367 g/mol. The second-order valence-electron chi connectivity index (χ2n) is 8.31. The number of hydrogen-bond donors (Lipinski definition) is 1. The van der Waals surface area contributed by atoms with E-state index in [0.29, 0.717) is 28.3 Å². The lowest BCUT2D eigenvalue weighted by Gasteiger charge is -2.24. The summed E-state index contributed by atoms with van der Waals surface area (Å²) in [7, 11) is 1.87. The number of amides is 2. The molecule has 4 rings (SSSR count). The highest BCUT2D eigenvalue weighted by molar-refractivity contribution is 5.97. The fourth-order valence-corrected chi connectivity index (χ4v) is 4.06. The molecule has 2 fully saturated rings. The molecule has 2 aliphatic rings. The van der Waals surface area contributed by atoms with E-state index < -0.39 is 5.82 Å². The number of nitrogens with zero attached hydrogens (tertiary/aromatic N) is 1. The average molecular weight is 394 g/mol. The smallest absolute Gasteiger partial charge is 0.253 e. The molecular formula is C24H27FN2O2. The molecule has 2 saturated carbocycles. The highest BCUT2D eigenvalue weighted by atomic mass is 19.1. The molecule has 2 aromatic carbocycles. The monoisotopic (exact) mass is 394 g/mol. The van der Waals surface area contributed by atoms with Gasteiger partial charge in [0.05, 0.1) is 0 Å². The minimum atomic E-state index is -0.399. The quantitative estimate of drug-likeness (QED) is 0.799. The molecule has 0 bridgehead atoms. The SMILES string of the molecule is Cc1c(F)cc(C(=O)NC2CC2)cc1-c1ccc(C(=O)N(C)C2CCCC2)cc1. The van der Waals surface area contributed by atoms with Gasteiger partial charge in [-0.1, -0.05) is 25.0 Å². The first kappa shape index (κ1) is 19.6. The zero-order valence-electron chi connectivity index (χ0n) is 17.0. The summed E-state index contributed by atoms with van der Waals surface area (Å²) in [5.41, 5.74) is 2.92. The van der Waals surface area contributed by atoms with Crippen molar-refractivity contribution in [2.75, 3.05) is 7.05 Å². The van der Waals surface area contributed by atoms with Crippen LogP contribution in [0.3, 0.4) is 0 Å². The van der Waals surface area contributed by atoms with Gasteiger partial charge in [0.1, 0.15) is 5.82 Å². The van der Waals surface area contributed by atoms with Gasteiger partial charge in [0.15, 0.2) is 0 Å². The van der Waals surface area contributed by atoms with Crippen LogP contribution in [0, 0.1) is 12.7 Å². The summed E-state index contributed by atoms with van der Waals surface area (Å²) in [6.07, 6.45) is 6.45. The summed E-state index contributed by atoms with van der Waals surface area (Å²) in [5, 5.41) is 2.90. The summed E-state index contributed by atoms with van der Waals surface area (Å²) < 4.78 is 14.5. The Kier molecular flexibility index (Phi) is 5.39. The molecule has 0 radical (unpaired) electrons. The molecule has 0 saturated heterocycles. The lowest BCUT2D eigenvalue weighted by molar-refractivity contribution is 0.0735. The largest absolute Gasteiger partial charge is 0.349 e. The first-order valence-electron chi connectivity index (χ1n) is 10.4. The zero-order valence-corrected chi connectivity index (χ0v) is 17.0. The van der Waals surface area contributed by atoms with Crippen molar-refractivity contribution in [3.8, 4) is 11.1 Å². The molecule has 29 heavy (non-hydrogen) atoms. The van der Waals surface area contributed by atoms with Crippen molar-refractivity contribution in [3.63, 3.8) is 0 Å². The molecule has 0 atom stereocenters. The molecule has 2 aliphatic carbocycles. The van der Waals surface area contributed by atoms with Crippen molar-refractivity contribution in [1.82, 2.24) is 10.2 Å². The molecule has 0 spiro atoms. The molecule has 0 unspecified atom stereocenters. The van der Waals surface area contributed by atoms with Gasteiger partial charge in [-0.15, -0.1) is 0 Å². The van der Waals surface area contributed by atoms with Gasteiger partial charge in [-0.05, 0) is 73.6 Å². The number of hydrogen-bond acceptors (Lipinski definition) is 2. The van der Waals surface area contributed by atoms with Crippen molar-refractivity contribution >= 4 is 11.8 Å². The van der Waals surface area contributed by atoms with Crippen molar-refractivity contribution in [2.24, 2.45) is 0 Å². The Labute approximate surface area is 171 Å². The first-order chi connectivity index (χ1) is 13.9. The van der Waals surface area contributed by atoms with E-state index in [2.05, 4.69) is 5.32 Å². The van der Waals surface area contributed by atoms with Gasteiger partial charge >= 0.3 is 0 Å². The minimum Gasteiger partial charge on any atom is -0.349 e. The van der Waals surface area contributed by atoms with Gasteiger partial charge in [-0.25, -0.2) is 4.39 Å². The van der Waals surface area contributed by atoms with Crippen LogP contribution in [0.5, 0.6) is 0 Å². The predicted octanol–water partition coefficient (Wildman–Crippen LogP) is 4.71. The maximum absolute atomic E-state index is 14.5. The van der Waals surface area contributed by atoms with Crippen LogP contribution < -0.4 is 5.32 Å². The van der Waals surface area contributed by atoms with E-state index >= 15 is 0 Å². The molecule has 152 valence electrons. The Morgan fingerprint density at radius 1 is 1.00 bits per heavy atom. The van der Waals surface area contributed by atoms with Crippen LogP contribution in [0.15, 0.2) is 36.4 Å². The lowest BCUT2D eigenvalue weighted by Crippen LogP contribution is -2.35. The Bertz CT molecular complexity index is 929. The van der Waals surface area contributed by atoms with Crippen molar-refractivity contribution in [1.29, 1.82) is 0 Å². The minimum absolute atomic E-state index is 0.0175. The fourth-order valence-electron chi connectivity index (χ4n) is 4.06. The van der Waals surface area contributed by atoms with Crippen molar-refractivity contribution in [2.45, 2.75) is 57.5 Å². The molecule has 5 heteroatoms. The van der Waals surface area contributed by atoms with E-state index in [9.17, 15) is 14.0 Å². The Balaban J connectivity index is 1.57. The number of carbonyl (C=O) groups excluding carboxylic acids is 2. The Morgan fingerprint density at radius 3 is 2.28 bits per heavy atom. The maximum Gasteiger partial charge on any atom is 0.253 e. The number of nitrogens with one attached hydrogen (secondary N) is 1. The highest BCUT2D eigenvalue weighted by Crippen LogP contribution is 2.29. The normalized spacial score (nSPS) is 16.7. The zero-order chi connectivity index (χ0) is 20.5. The third kappa shape index (κ3) is 4.19. The van der Waals surface area contributed by atoms with Gasteiger partial charge in [-0.2, -0.15) is 0 Å². The van der Waals surface area contributed by atoms with E-state index in [1.54, 1.807) is 25.1 Å². The second-order valence-corrected chi connectivity index (χ2v) is 8.31. The number of rotatable bonds is 5. The van der Waals surface area contributed by atoms with Crippen LogP contribution in [0.4, 0.5) is 4.39 Å². The van der Waals surface area contributed by atoms with Gasteiger partial charge in [0.2, 0.25) is 0 Å². The van der Waals surface area contributed by atoms with Crippen molar-refractivity contribution < 1.29 is 14.0 Å². The van der Waals surface area contributed by atoms with Crippen LogP contribution in [0.1, 0.15) is 64.8 Å². The predicted molar refractivity (Wildman–Crippen MR) is 111 cm³/mol. The molecule has 2 amide bonds. The fraction of sp³-hybridized carbons (Fsp3) is 0.417. The standard InChI is InChI=1S/C24H27FN2O2/c1-15-21(13-18(14-22(15)25)23(28)26-19-11-12-19)16-7-9-17(10-8-16)24(29)27(2)20-5-3-4-6-20/h7-10,13-14,19-20H,3-6,11-12H2,1-2H3,(H,26,28).